The minimum atomic E-state index is -0.528. The highest BCUT2D eigenvalue weighted by molar-refractivity contribution is 5.95. The van der Waals surface area contributed by atoms with Crippen LogP contribution in [0.3, 0.4) is 0 Å². The topological polar surface area (TPSA) is 48.0 Å². The van der Waals surface area contributed by atoms with Gasteiger partial charge >= 0.3 is 0 Å². The Morgan fingerprint density at radius 1 is 1.43 bits per heavy atom. The van der Waals surface area contributed by atoms with E-state index in [0.29, 0.717) is 46.0 Å². The molecule has 0 unspecified atom stereocenters. The van der Waals surface area contributed by atoms with Gasteiger partial charge < -0.3 is 19.1 Å². The van der Waals surface area contributed by atoms with E-state index in [4.69, 9.17) is 14.2 Å². The van der Waals surface area contributed by atoms with Gasteiger partial charge in [0.15, 0.2) is 0 Å². The molecule has 2 saturated heterocycles. The third-order valence-corrected chi connectivity index (χ3v) is 4.46. The fourth-order valence-electron chi connectivity index (χ4n) is 3.29. The molecule has 126 valence electrons. The Labute approximate surface area is 135 Å². The van der Waals surface area contributed by atoms with Crippen LogP contribution in [0.4, 0.5) is 4.39 Å². The van der Waals surface area contributed by atoms with E-state index in [-0.39, 0.29) is 17.6 Å². The van der Waals surface area contributed by atoms with E-state index in [1.807, 2.05) is 6.92 Å². The first-order chi connectivity index (χ1) is 11.2. The molecule has 0 aliphatic carbocycles. The number of halogens is 1. The SMILES string of the molecule is CCOC[C@H]1C[C@]2(COCCN2C(=O)c2ccccc2F)CO1. The monoisotopic (exact) mass is 323 g/mol. The van der Waals surface area contributed by atoms with E-state index in [2.05, 4.69) is 0 Å². The minimum Gasteiger partial charge on any atom is -0.379 e. The fraction of sp³-hybridized carbons (Fsp3) is 0.588. The molecular formula is C17H22FNO4. The molecule has 1 spiro atoms. The van der Waals surface area contributed by atoms with Gasteiger partial charge in [-0.1, -0.05) is 12.1 Å². The van der Waals surface area contributed by atoms with Crippen LogP contribution in [0.15, 0.2) is 24.3 Å². The highest BCUT2D eigenvalue weighted by Gasteiger charge is 2.49. The van der Waals surface area contributed by atoms with Crippen LogP contribution >= 0.6 is 0 Å². The molecule has 23 heavy (non-hydrogen) atoms. The summed E-state index contributed by atoms with van der Waals surface area (Å²) >= 11 is 0. The summed E-state index contributed by atoms with van der Waals surface area (Å²) in [5, 5.41) is 0. The van der Waals surface area contributed by atoms with Crippen molar-refractivity contribution in [2.75, 3.05) is 39.6 Å². The Hall–Kier alpha value is -1.50. The van der Waals surface area contributed by atoms with Crippen LogP contribution in [-0.2, 0) is 14.2 Å². The number of carbonyl (C=O) groups excluding carboxylic acids is 1. The highest BCUT2D eigenvalue weighted by atomic mass is 19.1. The summed E-state index contributed by atoms with van der Waals surface area (Å²) < 4.78 is 30.8. The second kappa shape index (κ2) is 6.95. The summed E-state index contributed by atoms with van der Waals surface area (Å²) in [6, 6.07) is 6.09. The molecule has 2 atom stereocenters. The van der Waals surface area contributed by atoms with Crippen molar-refractivity contribution in [3.8, 4) is 0 Å². The maximum atomic E-state index is 14.0. The van der Waals surface area contributed by atoms with E-state index in [1.165, 1.54) is 12.1 Å². The van der Waals surface area contributed by atoms with Crippen molar-refractivity contribution in [3.05, 3.63) is 35.6 Å². The van der Waals surface area contributed by atoms with Gasteiger partial charge in [0.25, 0.3) is 5.91 Å². The molecule has 2 heterocycles. The predicted octanol–water partition coefficient (Wildman–Crippen LogP) is 1.86. The average molecular weight is 323 g/mol. The lowest BCUT2D eigenvalue weighted by atomic mass is 9.92. The van der Waals surface area contributed by atoms with Crippen molar-refractivity contribution in [3.63, 3.8) is 0 Å². The standard InChI is InChI=1S/C17H22FNO4/c1-2-21-10-13-9-17(12-23-13)11-22-8-7-19(17)16(20)14-5-3-4-6-15(14)18/h3-6,13H,2,7-12H2,1H3/t13-,17+/m1/s1. The zero-order chi connectivity index (χ0) is 16.3. The van der Waals surface area contributed by atoms with Crippen molar-refractivity contribution in [2.45, 2.75) is 25.0 Å². The second-order valence-corrected chi connectivity index (χ2v) is 6.01. The first-order valence-electron chi connectivity index (χ1n) is 8.00. The Morgan fingerprint density at radius 3 is 3.04 bits per heavy atom. The molecule has 1 aromatic rings. The number of amides is 1. The van der Waals surface area contributed by atoms with Gasteiger partial charge in [-0.15, -0.1) is 0 Å². The van der Waals surface area contributed by atoms with Crippen LogP contribution in [0.1, 0.15) is 23.7 Å². The summed E-state index contributed by atoms with van der Waals surface area (Å²) in [6.07, 6.45) is 0.584. The molecule has 3 rings (SSSR count). The molecule has 0 N–H and O–H groups in total. The molecule has 1 aromatic carbocycles. The van der Waals surface area contributed by atoms with Crippen molar-refractivity contribution < 1.29 is 23.4 Å². The molecule has 2 aliphatic rings. The van der Waals surface area contributed by atoms with Crippen molar-refractivity contribution >= 4 is 5.91 Å². The van der Waals surface area contributed by atoms with E-state index in [1.54, 1.807) is 17.0 Å². The van der Waals surface area contributed by atoms with Gasteiger partial charge in [0.05, 0.1) is 43.6 Å². The lowest BCUT2D eigenvalue weighted by molar-refractivity contribution is -0.0560. The van der Waals surface area contributed by atoms with Gasteiger partial charge in [-0.05, 0) is 19.1 Å². The van der Waals surface area contributed by atoms with Gasteiger partial charge in [0.2, 0.25) is 0 Å². The Kier molecular flexibility index (Phi) is 4.94. The summed E-state index contributed by atoms with van der Waals surface area (Å²) in [6.45, 7) is 4.76. The van der Waals surface area contributed by atoms with Crippen LogP contribution in [0, 0.1) is 5.82 Å². The molecule has 2 aliphatic heterocycles. The zero-order valence-electron chi connectivity index (χ0n) is 13.3. The Balaban J connectivity index is 1.80. The minimum absolute atomic E-state index is 0.0624. The average Bonchev–Trinajstić information content (AvgIpc) is 2.96. The number of morpholine rings is 1. The maximum Gasteiger partial charge on any atom is 0.257 e. The molecule has 1 amide bonds. The van der Waals surface area contributed by atoms with Gasteiger partial charge in [0.1, 0.15) is 5.82 Å². The van der Waals surface area contributed by atoms with Crippen LogP contribution in [-0.4, -0.2) is 62.0 Å². The van der Waals surface area contributed by atoms with Crippen LogP contribution in [0.5, 0.6) is 0 Å². The van der Waals surface area contributed by atoms with E-state index in [0.717, 1.165) is 0 Å². The number of ether oxygens (including phenoxy) is 3. The Morgan fingerprint density at radius 2 is 2.26 bits per heavy atom. The Bertz CT molecular complexity index is 567. The normalized spacial score (nSPS) is 27.6. The number of rotatable bonds is 4. The summed E-state index contributed by atoms with van der Waals surface area (Å²) in [5.41, 5.74) is -0.429. The number of hydrogen-bond acceptors (Lipinski definition) is 4. The first kappa shape index (κ1) is 16.4. The third-order valence-electron chi connectivity index (χ3n) is 4.46. The maximum absolute atomic E-state index is 14.0. The number of hydrogen-bond donors (Lipinski definition) is 0. The fourth-order valence-corrected chi connectivity index (χ4v) is 3.29. The second-order valence-electron chi connectivity index (χ2n) is 6.01. The predicted molar refractivity (Wildman–Crippen MR) is 81.8 cm³/mol. The van der Waals surface area contributed by atoms with Gasteiger partial charge in [-0.25, -0.2) is 4.39 Å². The molecule has 0 bridgehead atoms. The molecule has 0 saturated carbocycles. The van der Waals surface area contributed by atoms with E-state index in [9.17, 15) is 9.18 Å². The molecular weight excluding hydrogens is 301 g/mol. The third kappa shape index (κ3) is 3.24. The molecule has 2 fully saturated rings. The molecule has 5 nitrogen and oxygen atoms in total. The van der Waals surface area contributed by atoms with Gasteiger partial charge in [-0.3, -0.25) is 4.79 Å². The van der Waals surface area contributed by atoms with Crippen molar-refractivity contribution in [1.29, 1.82) is 0 Å². The smallest absolute Gasteiger partial charge is 0.257 e. The molecule has 0 radical (unpaired) electrons. The van der Waals surface area contributed by atoms with Crippen molar-refractivity contribution in [2.24, 2.45) is 0 Å². The van der Waals surface area contributed by atoms with Crippen molar-refractivity contribution in [1.82, 2.24) is 4.90 Å². The lowest BCUT2D eigenvalue weighted by Gasteiger charge is -2.43. The lowest BCUT2D eigenvalue weighted by Crippen LogP contribution is -2.60. The molecule has 6 heteroatoms. The van der Waals surface area contributed by atoms with Gasteiger partial charge in [-0.2, -0.15) is 0 Å². The number of nitrogens with zero attached hydrogens (tertiary/aromatic N) is 1. The van der Waals surface area contributed by atoms with E-state index >= 15 is 0 Å². The highest BCUT2D eigenvalue weighted by Crippen LogP contribution is 2.34. The molecule has 0 aromatic heterocycles. The van der Waals surface area contributed by atoms with Crippen LogP contribution in [0.25, 0.3) is 0 Å². The number of carbonyl (C=O) groups is 1. The van der Waals surface area contributed by atoms with E-state index < -0.39 is 11.4 Å². The summed E-state index contributed by atoms with van der Waals surface area (Å²) in [5.74, 6) is -0.795. The van der Waals surface area contributed by atoms with Crippen LogP contribution in [0.2, 0.25) is 0 Å². The van der Waals surface area contributed by atoms with Gasteiger partial charge in [0, 0.05) is 19.6 Å². The summed E-state index contributed by atoms with van der Waals surface area (Å²) in [4.78, 5) is 14.6. The number of benzene rings is 1. The summed E-state index contributed by atoms with van der Waals surface area (Å²) in [7, 11) is 0. The quantitative estimate of drug-likeness (QED) is 0.849. The zero-order valence-corrected chi connectivity index (χ0v) is 13.3. The first-order valence-corrected chi connectivity index (χ1v) is 8.00. The van der Waals surface area contributed by atoms with Crippen LogP contribution < -0.4 is 0 Å². The largest absolute Gasteiger partial charge is 0.379 e.